The number of rotatable bonds is 2. The number of hydrogen-bond donors (Lipinski definition) is 0. The van der Waals surface area contributed by atoms with Crippen LogP contribution in [-0.4, -0.2) is 4.98 Å². The van der Waals surface area contributed by atoms with Crippen LogP contribution in [0.4, 0.5) is 0 Å². The SMILES string of the molecule is N#CCc1ccc(CCl)c2ccncc12. The summed E-state index contributed by atoms with van der Waals surface area (Å²) in [6.07, 6.45) is 3.94. The van der Waals surface area contributed by atoms with E-state index in [2.05, 4.69) is 11.1 Å². The topological polar surface area (TPSA) is 36.7 Å². The van der Waals surface area contributed by atoms with Crippen molar-refractivity contribution in [2.75, 3.05) is 0 Å². The molecule has 0 fully saturated rings. The van der Waals surface area contributed by atoms with E-state index in [-0.39, 0.29) is 0 Å². The third-order valence-electron chi connectivity index (χ3n) is 2.41. The molecule has 0 N–H and O–H groups in total. The van der Waals surface area contributed by atoms with Crippen molar-refractivity contribution in [2.24, 2.45) is 0 Å². The highest BCUT2D eigenvalue weighted by Crippen LogP contribution is 2.23. The summed E-state index contributed by atoms with van der Waals surface area (Å²) >= 11 is 5.85. The van der Waals surface area contributed by atoms with Gasteiger partial charge >= 0.3 is 0 Å². The van der Waals surface area contributed by atoms with Crippen LogP contribution in [0.5, 0.6) is 0 Å². The van der Waals surface area contributed by atoms with E-state index in [0.29, 0.717) is 12.3 Å². The van der Waals surface area contributed by atoms with E-state index in [1.165, 1.54) is 0 Å². The number of benzene rings is 1. The Morgan fingerprint density at radius 2 is 2.00 bits per heavy atom. The maximum atomic E-state index is 8.71. The Bertz CT molecular complexity index is 529. The molecule has 2 aromatic rings. The zero-order valence-electron chi connectivity index (χ0n) is 8.07. The molecule has 0 aliphatic carbocycles. The van der Waals surface area contributed by atoms with Crippen LogP contribution in [-0.2, 0) is 12.3 Å². The Morgan fingerprint density at radius 1 is 1.20 bits per heavy atom. The summed E-state index contributed by atoms with van der Waals surface area (Å²) in [5, 5.41) is 10.8. The van der Waals surface area contributed by atoms with Crippen molar-refractivity contribution >= 4 is 22.4 Å². The Morgan fingerprint density at radius 3 is 2.73 bits per heavy atom. The molecule has 2 nitrogen and oxygen atoms in total. The lowest BCUT2D eigenvalue weighted by molar-refractivity contribution is 1.26. The third-order valence-corrected chi connectivity index (χ3v) is 2.70. The number of pyridine rings is 1. The van der Waals surface area contributed by atoms with Gasteiger partial charge in [0.2, 0.25) is 0 Å². The third kappa shape index (κ3) is 1.79. The second-order valence-corrected chi connectivity index (χ2v) is 3.54. The van der Waals surface area contributed by atoms with Crippen LogP contribution in [0.1, 0.15) is 11.1 Å². The summed E-state index contributed by atoms with van der Waals surface area (Å²) in [5.41, 5.74) is 2.09. The molecular formula is C12H9ClN2. The largest absolute Gasteiger partial charge is 0.264 e. The molecule has 0 saturated heterocycles. The van der Waals surface area contributed by atoms with E-state index in [0.717, 1.165) is 21.9 Å². The smallest absolute Gasteiger partial charge is 0.0669 e. The number of aromatic nitrogens is 1. The summed E-state index contributed by atoms with van der Waals surface area (Å²) in [4.78, 5) is 4.08. The van der Waals surface area contributed by atoms with Gasteiger partial charge in [0.15, 0.2) is 0 Å². The summed E-state index contributed by atoms with van der Waals surface area (Å²) < 4.78 is 0. The summed E-state index contributed by atoms with van der Waals surface area (Å²) in [6, 6.07) is 8.01. The zero-order chi connectivity index (χ0) is 10.7. The molecule has 3 heteroatoms. The maximum Gasteiger partial charge on any atom is 0.0669 e. The Hall–Kier alpha value is -1.59. The van der Waals surface area contributed by atoms with Gasteiger partial charge in [0, 0.05) is 23.7 Å². The van der Waals surface area contributed by atoms with Crippen molar-refractivity contribution in [3.8, 4) is 6.07 Å². The van der Waals surface area contributed by atoms with E-state index in [4.69, 9.17) is 16.9 Å². The van der Waals surface area contributed by atoms with Crippen molar-refractivity contribution in [2.45, 2.75) is 12.3 Å². The quantitative estimate of drug-likeness (QED) is 0.724. The second-order valence-electron chi connectivity index (χ2n) is 3.27. The molecular weight excluding hydrogens is 208 g/mol. The lowest BCUT2D eigenvalue weighted by Crippen LogP contribution is -1.89. The first-order chi connectivity index (χ1) is 7.36. The summed E-state index contributed by atoms with van der Waals surface area (Å²) in [5.74, 6) is 0.480. The lowest BCUT2D eigenvalue weighted by atomic mass is 10.0. The van der Waals surface area contributed by atoms with Gasteiger partial charge in [-0.3, -0.25) is 4.98 Å². The molecule has 0 aliphatic rings. The molecule has 2 rings (SSSR count). The van der Waals surface area contributed by atoms with Crippen molar-refractivity contribution in [3.05, 3.63) is 41.7 Å². The van der Waals surface area contributed by atoms with Gasteiger partial charge < -0.3 is 0 Å². The van der Waals surface area contributed by atoms with Crippen LogP contribution in [0, 0.1) is 11.3 Å². The lowest BCUT2D eigenvalue weighted by Gasteiger charge is -2.06. The molecule has 0 bridgehead atoms. The minimum Gasteiger partial charge on any atom is -0.264 e. The van der Waals surface area contributed by atoms with E-state index in [1.54, 1.807) is 12.4 Å². The number of hydrogen-bond acceptors (Lipinski definition) is 2. The van der Waals surface area contributed by atoms with Crippen molar-refractivity contribution in [1.82, 2.24) is 4.98 Å². The molecule has 0 unspecified atom stereocenters. The number of halogens is 1. The molecule has 1 aromatic carbocycles. The van der Waals surface area contributed by atoms with Crippen molar-refractivity contribution in [1.29, 1.82) is 5.26 Å². The van der Waals surface area contributed by atoms with Gasteiger partial charge in [0.1, 0.15) is 0 Å². The van der Waals surface area contributed by atoms with E-state index < -0.39 is 0 Å². The molecule has 0 amide bonds. The average molecular weight is 217 g/mol. The standard InChI is InChI=1S/C12H9ClN2/c13-7-10-2-1-9(3-5-14)12-8-15-6-4-11(10)12/h1-2,4,6,8H,3,7H2. The molecule has 1 heterocycles. The fraction of sp³-hybridized carbons (Fsp3) is 0.167. The van der Waals surface area contributed by atoms with Crippen molar-refractivity contribution < 1.29 is 0 Å². The molecule has 0 spiro atoms. The molecule has 74 valence electrons. The van der Waals surface area contributed by atoms with Crippen LogP contribution in [0.3, 0.4) is 0 Å². The molecule has 1 aromatic heterocycles. The molecule has 0 aliphatic heterocycles. The van der Waals surface area contributed by atoms with Gasteiger partial charge in [-0.15, -0.1) is 11.6 Å². The van der Waals surface area contributed by atoms with Gasteiger partial charge in [-0.25, -0.2) is 0 Å². The molecule has 0 atom stereocenters. The van der Waals surface area contributed by atoms with Crippen LogP contribution < -0.4 is 0 Å². The van der Waals surface area contributed by atoms with Gasteiger partial charge in [-0.2, -0.15) is 5.26 Å². The van der Waals surface area contributed by atoms with Gasteiger partial charge in [-0.05, 0) is 22.6 Å². The molecule has 0 saturated carbocycles. The highest BCUT2D eigenvalue weighted by Gasteiger charge is 2.04. The van der Waals surface area contributed by atoms with Crippen molar-refractivity contribution in [3.63, 3.8) is 0 Å². The minimum absolute atomic E-state index is 0.407. The average Bonchev–Trinajstić information content (AvgIpc) is 2.30. The zero-order valence-corrected chi connectivity index (χ0v) is 8.83. The monoisotopic (exact) mass is 216 g/mol. The predicted molar refractivity (Wildman–Crippen MR) is 60.6 cm³/mol. The number of nitriles is 1. The predicted octanol–water partition coefficient (Wildman–Crippen LogP) is 3.04. The summed E-state index contributed by atoms with van der Waals surface area (Å²) in [7, 11) is 0. The Balaban J connectivity index is 2.72. The van der Waals surface area contributed by atoms with Gasteiger partial charge in [0.25, 0.3) is 0 Å². The number of nitrogens with zero attached hydrogens (tertiary/aromatic N) is 2. The molecule has 0 radical (unpaired) electrons. The second kappa shape index (κ2) is 4.29. The molecule has 15 heavy (non-hydrogen) atoms. The summed E-state index contributed by atoms with van der Waals surface area (Å²) in [6.45, 7) is 0. The van der Waals surface area contributed by atoms with Crippen LogP contribution in [0.2, 0.25) is 0 Å². The highest BCUT2D eigenvalue weighted by atomic mass is 35.5. The van der Waals surface area contributed by atoms with E-state index >= 15 is 0 Å². The Labute approximate surface area is 93.1 Å². The maximum absolute atomic E-state index is 8.71. The van der Waals surface area contributed by atoms with Crippen LogP contribution >= 0.6 is 11.6 Å². The number of alkyl halides is 1. The first kappa shape index (κ1) is 9.95. The van der Waals surface area contributed by atoms with E-state index in [9.17, 15) is 0 Å². The highest BCUT2D eigenvalue weighted by molar-refractivity contribution is 6.18. The first-order valence-corrected chi connectivity index (χ1v) is 5.17. The van der Waals surface area contributed by atoms with Gasteiger partial charge in [0.05, 0.1) is 12.5 Å². The van der Waals surface area contributed by atoms with E-state index in [1.807, 2.05) is 18.2 Å². The fourth-order valence-corrected chi connectivity index (χ4v) is 1.90. The Kier molecular flexibility index (Phi) is 2.84. The van der Waals surface area contributed by atoms with Crippen LogP contribution in [0.15, 0.2) is 30.6 Å². The van der Waals surface area contributed by atoms with Crippen LogP contribution in [0.25, 0.3) is 10.8 Å². The first-order valence-electron chi connectivity index (χ1n) is 4.64. The minimum atomic E-state index is 0.407. The fourth-order valence-electron chi connectivity index (χ4n) is 1.67. The van der Waals surface area contributed by atoms with Gasteiger partial charge in [-0.1, -0.05) is 12.1 Å². The normalized spacial score (nSPS) is 10.1. The number of fused-ring (bicyclic) bond motifs is 1.